The summed E-state index contributed by atoms with van der Waals surface area (Å²) in [7, 11) is 0. The van der Waals surface area contributed by atoms with Gasteiger partial charge in [0.25, 0.3) is 0 Å². The van der Waals surface area contributed by atoms with E-state index in [2.05, 4.69) is 29.2 Å². The molecule has 1 N–H and O–H groups in total. The van der Waals surface area contributed by atoms with Crippen LogP contribution in [0.25, 0.3) is 5.69 Å². The van der Waals surface area contributed by atoms with Gasteiger partial charge in [0.1, 0.15) is 18.0 Å². The summed E-state index contributed by atoms with van der Waals surface area (Å²) < 4.78 is 14.8. The molecule has 2 rings (SSSR count). The lowest BCUT2D eigenvalue weighted by Gasteiger charge is -2.09. The molecule has 4 nitrogen and oxygen atoms in total. The van der Waals surface area contributed by atoms with Crippen molar-refractivity contribution >= 4 is 0 Å². The molecule has 17 heavy (non-hydrogen) atoms. The number of nitrogens with one attached hydrogen (secondary N) is 1. The van der Waals surface area contributed by atoms with Gasteiger partial charge in [0, 0.05) is 6.04 Å². The van der Waals surface area contributed by atoms with Crippen LogP contribution in [0.5, 0.6) is 0 Å². The van der Waals surface area contributed by atoms with Gasteiger partial charge in [0.15, 0.2) is 0 Å². The van der Waals surface area contributed by atoms with Crippen LogP contribution in [-0.2, 0) is 6.54 Å². The highest BCUT2D eigenvalue weighted by Gasteiger charge is 2.07. The normalized spacial score (nSPS) is 11.1. The Balaban J connectivity index is 2.24. The molecule has 90 valence electrons. The molecule has 1 aromatic heterocycles. The Morgan fingerprint density at radius 3 is 2.94 bits per heavy atom. The number of benzene rings is 1. The van der Waals surface area contributed by atoms with Gasteiger partial charge in [-0.3, -0.25) is 0 Å². The Labute approximate surface area is 99.5 Å². The molecule has 0 amide bonds. The van der Waals surface area contributed by atoms with E-state index in [0.29, 0.717) is 18.3 Å². The van der Waals surface area contributed by atoms with Crippen molar-refractivity contribution in [1.82, 2.24) is 20.1 Å². The summed E-state index contributed by atoms with van der Waals surface area (Å²) >= 11 is 0. The number of rotatable bonds is 4. The van der Waals surface area contributed by atoms with Crippen molar-refractivity contribution in [2.45, 2.75) is 26.4 Å². The minimum absolute atomic E-state index is 0.277. The van der Waals surface area contributed by atoms with Crippen molar-refractivity contribution in [2.24, 2.45) is 0 Å². The minimum atomic E-state index is -0.277. The zero-order valence-corrected chi connectivity index (χ0v) is 9.89. The van der Waals surface area contributed by atoms with Gasteiger partial charge in [-0.2, -0.15) is 5.10 Å². The van der Waals surface area contributed by atoms with Crippen LogP contribution in [0.4, 0.5) is 4.39 Å². The molecule has 0 aliphatic rings. The van der Waals surface area contributed by atoms with Crippen LogP contribution >= 0.6 is 0 Å². The van der Waals surface area contributed by atoms with Crippen LogP contribution in [0.1, 0.15) is 19.7 Å². The van der Waals surface area contributed by atoms with E-state index in [1.807, 2.05) is 0 Å². The standard InChI is InChI=1S/C12H15FN4/c1-9(2)14-7-12-15-8-16-17(12)11-5-3-4-10(13)6-11/h3-6,8-9,14H,7H2,1-2H3. The van der Waals surface area contributed by atoms with Crippen LogP contribution < -0.4 is 5.32 Å². The molecule has 2 aromatic rings. The van der Waals surface area contributed by atoms with Crippen LogP contribution in [0, 0.1) is 5.82 Å². The highest BCUT2D eigenvalue weighted by atomic mass is 19.1. The van der Waals surface area contributed by atoms with Crippen molar-refractivity contribution in [2.75, 3.05) is 0 Å². The smallest absolute Gasteiger partial charge is 0.146 e. The van der Waals surface area contributed by atoms with Gasteiger partial charge in [0.2, 0.25) is 0 Å². The van der Waals surface area contributed by atoms with E-state index in [0.717, 1.165) is 5.82 Å². The Bertz CT molecular complexity index is 493. The highest BCUT2D eigenvalue weighted by Crippen LogP contribution is 2.10. The Kier molecular flexibility index (Phi) is 3.49. The fourth-order valence-electron chi connectivity index (χ4n) is 1.50. The second kappa shape index (κ2) is 5.05. The Morgan fingerprint density at radius 2 is 2.24 bits per heavy atom. The second-order valence-electron chi connectivity index (χ2n) is 4.10. The van der Waals surface area contributed by atoms with Gasteiger partial charge in [-0.1, -0.05) is 19.9 Å². The summed E-state index contributed by atoms with van der Waals surface area (Å²) in [6, 6.07) is 6.68. The lowest BCUT2D eigenvalue weighted by molar-refractivity contribution is 0.562. The maximum absolute atomic E-state index is 13.1. The highest BCUT2D eigenvalue weighted by molar-refractivity contribution is 5.31. The number of aromatic nitrogens is 3. The molecule has 0 spiro atoms. The zero-order valence-electron chi connectivity index (χ0n) is 9.89. The van der Waals surface area contributed by atoms with Crippen molar-refractivity contribution in [3.63, 3.8) is 0 Å². The minimum Gasteiger partial charge on any atom is -0.308 e. The molecule has 0 bridgehead atoms. The molecule has 1 heterocycles. The van der Waals surface area contributed by atoms with Crippen molar-refractivity contribution < 1.29 is 4.39 Å². The van der Waals surface area contributed by atoms with Gasteiger partial charge in [-0.15, -0.1) is 0 Å². The van der Waals surface area contributed by atoms with Crippen LogP contribution in [-0.4, -0.2) is 20.8 Å². The van der Waals surface area contributed by atoms with E-state index in [1.165, 1.54) is 18.5 Å². The quantitative estimate of drug-likeness (QED) is 0.878. The number of nitrogens with zero attached hydrogens (tertiary/aromatic N) is 3. The first kappa shape index (κ1) is 11.7. The molecular weight excluding hydrogens is 219 g/mol. The van der Waals surface area contributed by atoms with E-state index in [9.17, 15) is 4.39 Å². The third kappa shape index (κ3) is 2.88. The Hall–Kier alpha value is -1.75. The maximum Gasteiger partial charge on any atom is 0.146 e. The molecule has 0 aliphatic carbocycles. The van der Waals surface area contributed by atoms with E-state index in [1.54, 1.807) is 16.8 Å². The largest absolute Gasteiger partial charge is 0.308 e. The average molecular weight is 234 g/mol. The molecule has 0 atom stereocenters. The van der Waals surface area contributed by atoms with Crippen molar-refractivity contribution in [3.05, 3.63) is 42.2 Å². The third-order valence-electron chi connectivity index (χ3n) is 2.34. The van der Waals surface area contributed by atoms with E-state index < -0.39 is 0 Å². The van der Waals surface area contributed by atoms with E-state index in [-0.39, 0.29) is 5.82 Å². The first-order chi connectivity index (χ1) is 8.16. The van der Waals surface area contributed by atoms with Gasteiger partial charge >= 0.3 is 0 Å². The number of hydrogen-bond acceptors (Lipinski definition) is 3. The first-order valence-corrected chi connectivity index (χ1v) is 5.55. The summed E-state index contributed by atoms with van der Waals surface area (Å²) in [6.07, 6.45) is 1.47. The zero-order chi connectivity index (χ0) is 12.3. The molecule has 0 fully saturated rings. The van der Waals surface area contributed by atoms with Gasteiger partial charge in [0.05, 0.1) is 12.2 Å². The fraction of sp³-hybridized carbons (Fsp3) is 0.333. The summed E-state index contributed by atoms with van der Waals surface area (Å²) in [5.41, 5.74) is 0.683. The molecule has 0 aliphatic heterocycles. The molecule has 5 heteroatoms. The number of hydrogen-bond donors (Lipinski definition) is 1. The molecule has 0 radical (unpaired) electrons. The van der Waals surface area contributed by atoms with Gasteiger partial charge < -0.3 is 5.32 Å². The third-order valence-corrected chi connectivity index (χ3v) is 2.34. The van der Waals surface area contributed by atoms with Crippen molar-refractivity contribution in [1.29, 1.82) is 0 Å². The average Bonchev–Trinajstić information content (AvgIpc) is 2.74. The van der Waals surface area contributed by atoms with Crippen molar-refractivity contribution in [3.8, 4) is 5.69 Å². The van der Waals surface area contributed by atoms with Crippen LogP contribution in [0.15, 0.2) is 30.6 Å². The molecule has 0 saturated heterocycles. The molecule has 0 saturated carbocycles. The summed E-state index contributed by atoms with van der Waals surface area (Å²) in [5, 5.41) is 7.36. The summed E-state index contributed by atoms with van der Waals surface area (Å²) in [5.74, 6) is 0.491. The van der Waals surface area contributed by atoms with E-state index >= 15 is 0 Å². The summed E-state index contributed by atoms with van der Waals surface area (Å²) in [6.45, 7) is 4.72. The van der Waals surface area contributed by atoms with E-state index in [4.69, 9.17) is 0 Å². The van der Waals surface area contributed by atoms with Crippen LogP contribution in [0.3, 0.4) is 0 Å². The molecular formula is C12H15FN4. The summed E-state index contributed by atoms with van der Waals surface area (Å²) in [4.78, 5) is 4.16. The lowest BCUT2D eigenvalue weighted by Crippen LogP contribution is -2.24. The molecule has 0 unspecified atom stereocenters. The topological polar surface area (TPSA) is 42.7 Å². The van der Waals surface area contributed by atoms with Crippen LogP contribution in [0.2, 0.25) is 0 Å². The van der Waals surface area contributed by atoms with Gasteiger partial charge in [-0.25, -0.2) is 14.1 Å². The Morgan fingerprint density at radius 1 is 1.41 bits per heavy atom. The molecule has 1 aromatic carbocycles. The van der Waals surface area contributed by atoms with Gasteiger partial charge in [-0.05, 0) is 18.2 Å². The SMILES string of the molecule is CC(C)NCc1ncnn1-c1cccc(F)c1. The first-order valence-electron chi connectivity index (χ1n) is 5.55. The monoisotopic (exact) mass is 234 g/mol. The fourth-order valence-corrected chi connectivity index (χ4v) is 1.50. The maximum atomic E-state index is 13.1. The number of halogens is 1. The predicted octanol–water partition coefficient (Wildman–Crippen LogP) is 1.90. The lowest BCUT2D eigenvalue weighted by atomic mass is 10.3. The predicted molar refractivity (Wildman–Crippen MR) is 63.3 cm³/mol. The second-order valence-corrected chi connectivity index (χ2v) is 4.10.